The normalized spacial score (nSPS) is 14.2. The first kappa shape index (κ1) is 22.0. The number of amides is 3. The van der Waals surface area contributed by atoms with Gasteiger partial charge in [0.05, 0.1) is 27.9 Å². The van der Waals surface area contributed by atoms with Gasteiger partial charge in [0, 0.05) is 30.5 Å². The van der Waals surface area contributed by atoms with Gasteiger partial charge in [0.1, 0.15) is 6.54 Å². The molecule has 1 fully saturated rings. The molecule has 0 atom stereocenters. The van der Waals surface area contributed by atoms with Crippen molar-refractivity contribution in [1.29, 1.82) is 0 Å². The summed E-state index contributed by atoms with van der Waals surface area (Å²) in [5.41, 5.74) is 0.587. The number of esters is 1. The Morgan fingerprint density at radius 3 is 2.55 bits per heavy atom. The highest BCUT2D eigenvalue weighted by Gasteiger charge is 2.30. The highest BCUT2D eigenvalue weighted by molar-refractivity contribution is 7.16. The number of aromatic nitrogens is 1. The zero-order chi connectivity index (χ0) is 23.7. The van der Waals surface area contributed by atoms with Gasteiger partial charge in [-0.25, -0.2) is 0 Å². The first-order valence-electron chi connectivity index (χ1n) is 9.68. The van der Waals surface area contributed by atoms with E-state index in [2.05, 4.69) is 4.99 Å². The van der Waals surface area contributed by atoms with Crippen molar-refractivity contribution in [3.05, 3.63) is 62.9 Å². The van der Waals surface area contributed by atoms with E-state index in [-0.39, 0.29) is 52.9 Å². The molecule has 0 saturated carbocycles. The van der Waals surface area contributed by atoms with Gasteiger partial charge in [-0.15, -0.1) is 0 Å². The second-order valence-corrected chi connectivity index (χ2v) is 8.06. The minimum Gasteiger partial charge on any atom is -0.468 e. The Labute approximate surface area is 189 Å². The summed E-state index contributed by atoms with van der Waals surface area (Å²) in [5, 5.41) is 11.2. The van der Waals surface area contributed by atoms with Gasteiger partial charge in [-0.05, 0) is 24.3 Å². The van der Waals surface area contributed by atoms with Gasteiger partial charge >= 0.3 is 5.97 Å². The lowest BCUT2D eigenvalue weighted by molar-refractivity contribution is -0.384. The second kappa shape index (κ2) is 8.74. The summed E-state index contributed by atoms with van der Waals surface area (Å²) < 4.78 is 6.65. The number of imide groups is 1. The zero-order valence-electron chi connectivity index (χ0n) is 17.2. The average molecular weight is 468 g/mol. The molecule has 1 aliphatic heterocycles. The number of methoxy groups -OCH3 is 1. The van der Waals surface area contributed by atoms with Crippen molar-refractivity contribution in [2.24, 2.45) is 4.99 Å². The largest absolute Gasteiger partial charge is 0.468 e. The van der Waals surface area contributed by atoms with E-state index in [4.69, 9.17) is 4.74 Å². The number of hydrogen-bond donors (Lipinski definition) is 0. The van der Waals surface area contributed by atoms with E-state index in [1.165, 1.54) is 48.1 Å². The van der Waals surface area contributed by atoms with Crippen LogP contribution in [0.5, 0.6) is 0 Å². The van der Waals surface area contributed by atoms with Crippen LogP contribution in [0.1, 0.15) is 23.2 Å². The van der Waals surface area contributed by atoms with Gasteiger partial charge < -0.3 is 9.30 Å². The van der Waals surface area contributed by atoms with E-state index in [0.717, 1.165) is 16.2 Å². The van der Waals surface area contributed by atoms with Crippen LogP contribution in [0.25, 0.3) is 10.2 Å². The minimum absolute atomic E-state index is 0.114. The summed E-state index contributed by atoms with van der Waals surface area (Å²) in [6, 6.07) is 10.1. The number of carbonyl (C=O) groups is 4. The number of carbonyl (C=O) groups excluding carboxylic acids is 4. The highest BCUT2D eigenvalue weighted by Crippen LogP contribution is 2.25. The predicted octanol–water partition coefficient (Wildman–Crippen LogP) is 2.18. The molecule has 3 aromatic rings. The Morgan fingerprint density at radius 2 is 1.88 bits per heavy atom. The minimum atomic E-state index is -0.671. The Balaban J connectivity index is 1.79. The summed E-state index contributed by atoms with van der Waals surface area (Å²) >= 11 is 1.08. The topological polar surface area (TPSA) is 141 Å². The van der Waals surface area contributed by atoms with Gasteiger partial charge in [0.2, 0.25) is 11.8 Å². The molecule has 0 aliphatic carbocycles. The lowest BCUT2D eigenvalue weighted by atomic mass is 10.2. The van der Waals surface area contributed by atoms with Crippen LogP contribution in [0.3, 0.4) is 0 Å². The van der Waals surface area contributed by atoms with Crippen LogP contribution >= 0.6 is 11.3 Å². The second-order valence-electron chi connectivity index (χ2n) is 7.05. The number of fused-ring (bicyclic) bond motifs is 1. The fourth-order valence-electron chi connectivity index (χ4n) is 3.40. The SMILES string of the molecule is COC(=O)Cn1c(=NC(=O)c2cccc(N3C(=O)CCC3=O)c2)sc2ccc([N+](=O)[O-])cc21. The molecule has 0 unspecified atom stereocenters. The lowest BCUT2D eigenvalue weighted by Crippen LogP contribution is -2.28. The van der Waals surface area contributed by atoms with Crippen LogP contribution in [0, 0.1) is 10.1 Å². The molecular weight excluding hydrogens is 452 g/mol. The van der Waals surface area contributed by atoms with Gasteiger partial charge in [-0.1, -0.05) is 17.4 Å². The molecule has 1 aromatic heterocycles. The van der Waals surface area contributed by atoms with Crippen LogP contribution < -0.4 is 9.70 Å². The first-order chi connectivity index (χ1) is 15.8. The highest BCUT2D eigenvalue weighted by atomic mass is 32.1. The predicted molar refractivity (Wildman–Crippen MR) is 117 cm³/mol. The van der Waals surface area contributed by atoms with E-state index in [0.29, 0.717) is 10.2 Å². The quantitative estimate of drug-likeness (QED) is 0.242. The van der Waals surface area contributed by atoms with E-state index >= 15 is 0 Å². The van der Waals surface area contributed by atoms with Crippen LogP contribution in [0.4, 0.5) is 11.4 Å². The summed E-state index contributed by atoms with van der Waals surface area (Å²) in [4.78, 5) is 64.8. The molecule has 1 saturated heterocycles. The standard InChI is InChI=1S/C21H16N4O7S/c1-32-19(28)11-23-15-10-14(25(30)31)5-6-16(15)33-21(23)22-20(29)12-3-2-4-13(9-12)24-17(26)7-8-18(24)27/h2-6,9-10H,7-8,11H2,1H3. The molecule has 0 bridgehead atoms. The van der Waals surface area contributed by atoms with Crippen molar-refractivity contribution < 1.29 is 28.8 Å². The Hall–Kier alpha value is -4.19. The molecule has 12 heteroatoms. The number of hydrogen-bond acceptors (Lipinski definition) is 8. The average Bonchev–Trinajstić information content (AvgIpc) is 3.31. The number of anilines is 1. The summed E-state index contributed by atoms with van der Waals surface area (Å²) in [6.07, 6.45) is 0.228. The molecule has 2 aromatic carbocycles. The molecule has 1 aliphatic rings. The summed E-state index contributed by atoms with van der Waals surface area (Å²) in [5.74, 6) is -1.98. The van der Waals surface area contributed by atoms with Gasteiger partial charge in [0.25, 0.3) is 11.6 Å². The van der Waals surface area contributed by atoms with Crippen molar-refractivity contribution in [3.8, 4) is 0 Å². The fraction of sp³-hybridized carbons (Fsp3) is 0.190. The monoisotopic (exact) mass is 468 g/mol. The van der Waals surface area contributed by atoms with Gasteiger partial charge in [-0.3, -0.25) is 34.2 Å². The number of ether oxygens (including phenoxy) is 1. The molecule has 11 nitrogen and oxygen atoms in total. The molecular formula is C21H16N4O7S. The van der Waals surface area contributed by atoms with E-state index in [9.17, 15) is 29.3 Å². The fourth-order valence-corrected chi connectivity index (χ4v) is 4.40. The Kier molecular flexibility index (Phi) is 5.84. The van der Waals surface area contributed by atoms with E-state index in [1.807, 2.05) is 0 Å². The number of nitro benzene ring substituents is 1. The molecule has 3 amide bonds. The molecule has 33 heavy (non-hydrogen) atoms. The third-order valence-electron chi connectivity index (χ3n) is 4.99. The molecule has 0 spiro atoms. The third kappa shape index (κ3) is 4.28. The number of non-ortho nitro benzene ring substituents is 1. The van der Waals surface area contributed by atoms with E-state index < -0.39 is 16.8 Å². The third-order valence-corrected chi connectivity index (χ3v) is 6.05. The van der Waals surface area contributed by atoms with Crippen molar-refractivity contribution in [2.75, 3.05) is 12.0 Å². The number of benzene rings is 2. The Bertz CT molecular complexity index is 1390. The molecule has 168 valence electrons. The number of nitrogens with zero attached hydrogens (tertiary/aromatic N) is 4. The first-order valence-corrected chi connectivity index (χ1v) is 10.5. The molecule has 0 radical (unpaired) electrons. The molecule has 0 N–H and O–H groups in total. The van der Waals surface area contributed by atoms with Crippen LogP contribution in [-0.4, -0.2) is 40.3 Å². The van der Waals surface area contributed by atoms with E-state index in [1.54, 1.807) is 6.07 Å². The molecule has 2 heterocycles. The number of nitro groups is 1. The maximum Gasteiger partial charge on any atom is 0.325 e. The summed E-state index contributed by atoms with van der Waals surface area (Å²) in [6.45, 7) is -0.305. The van der Waals surface area contributed by atoms with Crippen molar-refractivity contribution in [3.63, 3.8) is 0 Å². The number of rotatable bonds is 5. The van der Waals surface area contributed by atoms with Crippen LogP contribution in [-0.2, 0) is 25.7 Å². The summed E-state index contributed by atoms with van der Waals surface area (Å²) in [7, 11) is 1.20. The smallest absolute Gasteiger partial charge is 0.325 e. The lowest BCUT2D eigenvalue weighted by Gasteiger charge is -2.14. The van der Waals surface area contributed by atoms with Crippen LogP contribution in [0.2, 0.25) is 0 Å². The van der Waals surface area contributed by atoms with Crippen molar-refractivity contribution in [2.45, 2.75) is 19.4 Å². The van der Waals surface area contributed by atoms with Crippen molar-refractivity contribution in [1.82, 2.24) is 4.57 Å². The maximum absolute atomic E-state index is 12.9. The van der Waals surface area contributed by atoms with Crippen LogP contribution in [0.15, 0.2) is 47.5 Å². The maximum atomic E-state index is 12.9. The van der Waals surface area contributed by atoms with Crippen molar-refractivity contribution >= 4 is 56.6 Å². The van der Waals surface area contributed by atoms with Gasteiger partial charge in [0.15, 0.2) is 4.80 Å². The molecule has 4 rings (SSSR count). The van der Waals surface area contributed by atoms with Gasteiger partial charge in [-0.2, -0.15) is 4.99 Å². The number of thiazole rings is 1. The Morgan fingerprint density at radius 1 is 1.15 bits per heavy atom. The zero-order valence-corrected chi connectivity index (χ0v) is 18.0.